The topological polar surface area (TPSA) is 105 Å². The Morgan fingerprint density at radius 2 is 2.00 bits per heavy atom. The van der Waals surface area contributed by atoms with Crippen LogP contribution in [0.5, 0.6) is 0 Å². The summed E-state index contributed by atoms with van der Waals surface area (Å²) in [6, 6.07) is 5.86. The molecule has 34 heavy (non-hydrogen) atoms. The van der Waals surface area contributed by atoms with Crippen molar-refractivity contribution in [3.63, 3.8) is 0 Å². The highest BCUT2D eigenvalue weighted by atomic mass is 16.6. The fraction of sp³-hybridized carbons (Fsp3) is 0.407. The molecule has 0 spiro atoms. The Hall–Kier alpha value is -3.50. The van der Waals surface area contributed by atoms with Gasteiger partial charge >= 0.3 is 5.97 Å². The average molecular weight is 458 g/mol. The van der Waals surface area contributed by atoms with Crippen LogP contribution in [0, 0.1) is 18.3 Å². The summed E-state index contributed by atoms with van der Waals surface area (Å²) in [5.74, 6) is -0.538. The number of rotatable bonds is 3. The summed E-state index contributed by atoms with van der Waals surface area (Å²) in [4.78, 5) is 30.9. The van der Waals surface area contributed by atoms with Crippen molar-refractivity contribution in [1.82, 2.24) is 9.55 Å². The summed E-state index contributed by atoms with van der Waals surface area (Å²) in [7, 11) is 0. The van der Waals surface area contributed by atoms with Crippen LogP contribution in [-0.2, 0) is 34.7 Å². The third kappa shape index (κ3) is 2.75. The highest BCUT2D eigenvalue weighted by Gasteiger charge is 2.45. The van der Waals surface area contributed by atoms with Crippen LogP contribution in [0.15, 0.2) is 16.9 Å². The number of esters is 1. The molecule has 1 atom stereocenters. The number of nitrogens with zero attached hydrogens (tertiary/aromatic N) is 3. The number of hydrogen-bond acceptors (Lipinski definition) is 6. The number of carbonyl (C=O) groups is 1. The summed E-state index contributed by atoms with van der Waals surface area (Å²) < 4.78 is 6.83. The molecule has 1 aromatic carbocycles. The number of nitriles is 1. The van der Waals surface area contributed by atoms with Crippen LogP contribution < -0.4 is 5.56 Å². The number of carbonyl (C=O) groups excluding carboxylic acids is 1. The minimum atomic E-state index is -1.86. The Labute approximate surface area is 197 Å². The van der Waals surface area contributed by atoms with Crippen molar-refractivity contribution < 1.29 is 14.6 Å². The van der Waals surface area contributed by atoms with Crippen molar-refractivity contribution in [3.05, 3.63) is 61.4 Å². The third-order valence-corrected chi connectivity index (χ3v) is 7.45. The molecule has 174 valence electrons. The molecule has 0 unspecified atom stereocenters. The van der Waals surface area contributed by atoms with Gasteiger partial charge in [-0.1, -0.05) is 27.7 Å². The minimum absolute atomic E-state index is 0.0997. The molecule has 5 rings (SSSR count). The van der Waals surface area contributed by atoms with Crippen LogP contribution in [0.2, 0.25) is 0 Å². The van der Waals surface area contributed by atoms with Gasteiger partial charge in [-0.2, -0.15) is 5.26 Å². The Balaban J connectivity index is 1.88. The molecule has 2 aromatic heterocycles. The van der Waals surface area contributed by atoms with Gasteiger partial charge in [0.1, 0.15) is 6.61 Å². The van der Waals surface area contributed by atoms with E-state index in [-0.39, 0.29) is 24.5 Å². The molecule has 2 aliphatic heterocycles. The number of aryl methyl sites for hydroxylation is 1. The lowest BCUT2D eigenvalue weighted by Crippen LogP contribution is -2.44. The predicted molar refractivity (Wildman–Crippen MR) is 127 cm³/mol. The van der Waals surface area contributed by atoms with Gasteiger partial charge in [0.15, 0.2) is 5.60 Å². The van der Waals surface area contributed by atoms with E-state index in [1.165, 1.54) is 0 Å². The smallest absolute Gasteiger partial charge is 0.343 e. The van der Waals surface area contributed by atoms with Gasteiger partial charge in [0, 0.05) is 16.5 Å². The van der Waals surface area contributed by atoms with E-state index in [1.807, 2.05) is 13.0 Å². The monoisotopic (exact) mass is 457 g/mol. The van der Waals surface area contributed by atoms with E-state index in [0.29, 0.717) is 34.6 Å². The van der Waals surface area contributed by atoms with E-state index in [0.717, 1.165) is 39.6 Å². The van der Waals surface area contributed by atoms with Gasteiger partial charge in [0.25, 0.3) is 5.56 Å². The maximum Gasteiger partial charge on any atom is 0.343 e. The first-order valence-electron chi connectivity index (χ1n) is 11.7. The number of aliphatic hydroxyl groups is 1. The van der Waals surface area contributed by atoms with Gasteiger partial charge < -0.3 is 14.4 Å². The zero-order chi connectivity index (χ0) is 24.5. The van der Waals surface area contributed by atoms with E-state index in [2.05, 4.69) is 26.8 Å². The summed E-state index contributed by atoms with van der Waals surface area (Å²) in [5, 5.41) is 21.9. The fourth-order valence-electron chi connectivity index (χ4n) is 5.70. The van der Waals surface area contributed by atoms with Gasteiger partial charge in [-0.05, 0) is 54.5 Å². The molecular weight excluding hydrogens is 430 g/mol. The van der Waals surface area contributed by atoms with E-state index >= 15 is 0 Å². The first-order valence-corrected chi connectivity index (χ1v) is 11.7. The molecule has 0 bridgehead atoms. The SMILES string of the molecule is CCc1c2c(nc3cc(C#N)c(C)c(C(C)C)c13)-c1cc3c(c(=O)n1C2)COC(=O)[C@]3(O)CC. The highest BCUT2D eigenvalue weighted by Crippen LogP contribution is 2.42. The number of cyclic esters (lactones) is 1. The molecule has 0 radical (unpaired) electrons. The van der Waals surface area contributed by atoms with Gasteiger partial charge in [0.05, 0.1) is 40.6 Å². The van der Waals surface area contributed by atoms with Gasteiger partial charge in [-0.3, -0.25) is 4.79 Å². The lowest BCUT2D eigenvalue weighted by molar-refractivity contribution is -0.172. The first kappa shape index (κ1) is 22.3. The van der Waals surface area contributed by atoms with Crippen molar-refractivity contribution >= 4 is 16.9 Å². The third-order valence-electron chi connectivity index (χ3n) is 7.45. The van der Waals surface area contributed by atoms with E-state index < -0.39 is 11.6 Å². The molecule has 4 heterocycles. The van der Waals surface area contributed by atoms with Crippen molar-refractivity contribution in [2.75, 3.05) is 0 Å². The van der Waals surface area contributed by atoms with Crippen LogP contribution in [-0.4, -0.2) is 20.6 Å². The molecule has 0 saturated heterocycles. The predicted octanol–water partition coefficient (Wildman–Crippen LogP) is 3.95. The van der Waals surface area contributed by atoms with Crippen molar-refractivity contribution in [2.24, 2.45) is 0 Å². The number of fused-ring (bicyclic) bond motifs is 5. The van der Waals surface area contributed by atoms with Gasteiger partial charge in [0.2, 0.25) is 0 Å². The molecule has 2 aliphatic rings. The quantitative estimate of drug-likeness (QED) is 0.467. The lowest BCUT2D eigenvalue weighted by atomic mass is 9.85. The summed E-state index contributed by atoms with van der Waals surface area (Å²) in [5.41, 5.74) is 5.25. The standard InChI is InChI=1S/C27H27N3O4/c1-6-16-17-11-30-21(9-19-18(25(30)31)12-34-26(32)27(19,33)7-2)24(17)29-20-8-15(10-28)14(5)22(13(3)4)23(16)20/h8-9,13,33H,6-7,11-12H2,1-5H3/t27-/m0/s1. The summed E-state index contributed by atoms with van der Waals surface area (Å²) in [6.45, 7) is 10.2. The number of ether oxygens (including phenoxy) is 1. The van der Waals surface area contributed by atoms with Crippen LogP contribution in [0.4, 0.5) is 0 Å². The van der Waals surface area contributed by atoms with Crippen LogP contribution in [0.1, 0.15) is 79.0 Å². The maximum atomic E-state index is 13.5. The molecule has 0 fully saturated rings. The molecule has 1 N–H and O–H groups in total. The Kier molecular flexibility index (Phi) is 4.92. The van der Waals surface area contributed by atoms with E-state index in [1.54, 1.807) is 17.6 Å². The van der Waals surface area contributed by atoms with Crippen LogP contribution in [0.25, 0.3) is 22.3 Å². The average Bonchev–Trinajstić information content (AvgIpc) is 3.18. The molecule has 3 aromatic rings. The second-order valence-electron chi connectivity index (χ2n) is 9.50. The van der Waals surface area contributed by atoms with Crippen molar-refractivity contribution in [3.8, 4) is 17.5 Å². The largest absolute Gasteiger partial charge is 0.458 e. The summed E-state index contributed by atoms with van der Waals surface area (Å²) >= 11 is 0. The fourth-order valence-corrected chi connectivity index (χ4v) is 5.70. The van der Waals surface area contributed by atoms with Gasteiger partial charge in [-0.25, -0.2) is 9.78 Å². The Bertz CT molecular complexity index is 1510. The molecule has 7 nitrogen and oxygen atoms in total. The number of pyridine rings is 2. The molecule has 0 aliphatic carbocycles. The van der Waals surface area contributed by atoms with Crippen molar-refractivity contribution in [2.45, 2.75) is 72.1 Å². The highest BCUT2D eigenvalue weighted by molar-refractivity contribution is 5.93. The number of benzene rings is 1. The molecule has 7 heteroatoms. The van der Waals surface area contributed by atoms with Crippen molar-refractivity contribution in [1.29, 1.82) is 5.26 Å². The molecule has 0 saturated carbocycles. The first-order chi connectivity index (χ1) is 16.2. The normalized spacial score (nSPS) is 18.5. The summed E-state index contributed by atoms with van der Waals surface area (Å²) in [6.07, 6.45) is 0.845. The number of hydrogen-bond donors (Lipinski definition) is 1. The van der Waals surface area contributed by atoms with E-state index in [9.17, 15) is 20.0 Å². The minimum Gasteiger partial charge on any atom is -0.458 e. The van der Waals surface area contributed by atoms with Crippen LogP contribution in [0.3, 0.4) is 0 Å². The second kappa shape index (κ2) is 7.51. The molecular formula is C27H27N3O4. The Morgan fingerprint density at radius 1 is 1.26 bits per heavy atom. The zero-order valence-electron chi connectivity index (χ0n) is 20.1. The second-order valence-corrected chi connectivity index (χ2v) is 9.50. The van der Waals surface area contributed by atoms with Crippen LogP contribution >= 0.6 is 0 Å². The Morgan fingerprint density at radius 3 is 2.62 bits per heavy atom. The maximum absolute atomic E-state index is 13.5. The van der Waals surface area contributed by atoms with E-state index in [4.69, 9.17) is 9.72 Å². The zero-order valence-corrected chi connectivity index (χ0v) is 20.1. The lowest BCUT2D eigenvalue weighted by Gasteiger charge is -2.31. The van der Waals surface area contributed by atoms with Gasteiger partial charge in [-0.15, -0.1) is 0 Å². The number of aromatic nitrogens is 2. The molecule has 0 amide bonds.